The number of rotatable bonds is 2. The number of hydrogen-bond donors (Lipinski definition) is 0. The summed E-state index contributed by atoms with van der Waals surface area (Å²) in [6, 6.07) is 10.4. The highest BCUT2D eigenvalue weighted by atomic mass is 16.3. The fraction of sp³-hybridized carbons (Fsp3) is 0.294. The molecule has 4 heteroatoms. The van der Waals surface area contributed by atoms with Gasteiger partial charge in [-0.1, -0.05) is 6.07 Å². The quantitative estimate of drug-likeness (QED) is 0.718. The van der Waals surface area contributed by atoms with Crippen LogP contribution >= 0.6 is 0 Å². The van der Waals surface area contributed by atoms with Crippen molar-refractivity contribution >= 4 is 11.1 Å². The zero-order valence-electron chi connectivity index (χ0n) is 12.0. The van der Waals surface area contributed by atoms with Crippen LogP contribution in [0.2, 0.25) is 0 Å². The molecule has 21 heavy (non-hydrogen) atoms. The lowest BCUT2D eigenvalue weighted by molar-refractivity contribution is 0.281. The van der Waals surface area contributed by atoms with E-state index in [4.69, 9.17) is 4.42 Å². The first-order chi connectivity index (χ1) is 10.3. The van der Waals surface area contributed by atoms with Gasteiger partial charge in [0.15, 0.2) is 5.58 Å². The molecule has 106 valence electrons. The van der Waals surface area contributed by atoms with E-state index in [0.29, 0.717) is 6.04 Å². The molecule has 3 aromatic heterocycles. The Balaban J connectivity index is 1.75. The van der Waals surface area contributed by atoms with Crippen LogP contribution in [-0.2, 0) is 0 Å². The van der Waals surface area contributed by atoms with Gasteiger partial charge in [0.05, 0.1) is 11.7 Å². The molecule has 0 saturated carbocycles. The second-order valence-corrected chi connectivity index (χ2v) is 5.61. The van der Waals surface area contributed by atoms with Gasteiger partial charge in [-0.25, -0.2) is 0 Å². The van der Waals surface area contributed by atoms with Crippen LogP contribution in [0, 0.1) is 0 Å². The van der Waals surface area contributed by atoms with E-state index in [-0.39, 0.29) is 0 Å². The predicted molar refractivity (Wildman–Crippen MR) is 81.8 cm³/mol. The van der Waals surface area contributed by atoms with Crippen LogP contribution in [0.1, 0.15) is 24.6 Å². The summed E-state index contributed by atoms with van der Waals surface area (Å²) in [4.78, 5) is 11.2. The van der Waals surface area contributed by atoms with Gasteiger partial charge in [0.2, 0.25) is 0 Å². The number of pyridine rings is 2. The Morgan fingerprint density at radius 3 is 2.95 bits per heavy atom. The standard InChI is InChI=1S/C17H17N3O/c1-20-8-4-6-15(20)17-10-14-16(21-17)9-12(11-19-14)13-5-2-3-7-18-13/h2-3,5,7,9-11,15H,4,6,8H2,1H3/t15-/m1/s1. The highest BCUT2D eigenvalue weighted by Gasteiger charge is 2.26. The number of aromatic nitrogens is 2. The van der Waals surface area contributed by atoms with Crippen molar-refractivity contribution in [1.29, 1.82) is 0 Å². The molecule has 0 amide bonds. The molecular weight excluding hydrogens is 262 g/mol. The maximum Gasteiger partial charge on any atom is 0.153 e. The highest BCUT2D eigenvalue weighted by molar-refractivity contribution is 5.78. The van der Waals surface area contributed by atoms with Gasteiger partial charge >= 0.3 is 0 Å². The number of nitrogens with zero attached hydrogens (tertiary/aromatic N) is 3. The molecule has 4 rings (SSSR count). The molecule has 0 aromatic carbocycles. The minimum absolute atomic E-state index is 0.387. The lowest BCUT2D eigenvalue weighted by Gasteiger charge is -2.16. The van der Waals surface area contributed by atoms with E-state index in [9.17, 15) is 0 Å². The Morgan fingerprint density at radius 2 is 2.19 bits per heavy atom. The lowest BCUT2D eigenvalue weighted by Crippen LogP contribution is -2.16. The molecule has 0 bridgehead atoms. The second-order valence-electron chi connectivity index (χ2n) is 5.61. The molecule has 1 saturated heterocycles. The first kappa shape index (κ1) is 12.5. The van der Waals surface area contributed by atoms with Crippen LogP contribution < -0.4 is 0 Å². The van der Waals surface area contributed by atoms with Crippen LogP contribution in [0.4, 0.5) is 0 Å². The molecule has 0 spiro atoms. The average Bonchev–Trinajstić information content (AvgIpc) is 3.12. The Bertz CT molecular complexity index is 766. The summed E-state index contributed by atoms with van der Waals surface area (Å²) < 4.78 is 6.05. The number of fused-ring (bicyclic) bond motifs is 1. The minimum atomic E-state index is 0.387. The maximum atomic E-state index is 6.05. The summed E-state index contributed by atoms with van der Waals surface area (Å²) in [6.45, 7) is 1.13. The van der Waals surface area contributed by atoms with E-state index in [1.54, 1.807) is 6.20 Å². The molecule has 0 radical (unpaired) electrons. The summed E-state index contributed by atoms with van der Waals surface area (Å²) in [5.41, 5.74) is 3.67. The highest BCUT2D eigenvalue weighted by Crippen LogP contribution is 2.34. The van der Waals surface area contributed by atoms with Crippen molar-refractivity contribution < 1.29 is 4.42 Å². The monoisotopic (exact) mass is 279 g/mol. The van der Waals surface area contributed by atoms with Crippen molar-refractivity contribution in [1.82, 2.24) is 14.9 Å². The van der Waals surface area contributed by atoms with E-state index >= 15 is 0 Å². The Morgan fingerprint density at radius 1 is 1.24 bits per heavy atom. The molecule has 1 aliphatic heterocycles. The lowest BCUT2D eigenvalue weighted by atomic mass is 10.1. The Kier molecular flexibility index (Phi) is 2.97. The van der Waals surface area contributed by atoms with Gasteiger partial charge < -0.3 is 4.42 Å². The smallest absolute Gasteiger partial charge is 0.153 e. The van der Waals surface area contributed by atoms with Gasteiger partial charge in [-0.05, 0) is 44.6 Å². The van der Waals surface area contributed by atoms with Crippen LogP contribution in [0.5, 0.6) is 0 Å². The number of furan rings is 1. The second kappa shape index (κ2) is 4.97. The molecule has 0 aliphatic carbocycles. The summed E-state index contributed by atoms with van der Waals surface area (Å²) in [5.74, 6) is 1.02. The molecule has 0 N–H and O–H groups in total. The largest absolute Gasteiger partial charge is 0.458 e. The van der Waals surface area contributed by atoms with Gasteiger partial charge in [-0.15, -0.1) is 0 Å². The topological polar surface area (TPSA) is 42.2 Å². The third kappa shape index (κ3) is 2.21. The third-order valence-electron chi connectivity index (χ3n) is 4.20. The van der Waals surface area contributed by atoms with E-state index < -0.39 is 0 Å². The Labute approximate surface area is 123 Å². The van der Waals surface area contributed by atoms with Gasteiger partial charge in [0.1, 0.15) is 11.3 Å². The van der Waals surface area contributed by atoms with Gasteiger partial charge in [-0.3, -0.25) is 14.9 Å². The van der Waals surface area contributed by atoms with Crippen LogP contribution in [-0.4, -0.2) is 28.5 Å². The molecule has 3 aromatic rings. The van der Waals surface area contributed by atoms with E-state index in [0.717, 1.165) is 41.1 Å². The average molecular weight is 279 g/mol. The van der Waals surface area contributed by atoms with Gasteiger partial charge in [-0.2, -0.15) is 0 Å². The summed E-state index contributed by atoms with van der Waals surface area (Å²) in [6.07, 6.45) is 6.04. The minimum Gasteiger partial charge on any atom is -0.458 e. The summed E-state index contributed by atoms with van der Waals surface area (Å²) in [5, 5.41) is 0. The maximum absolute atomic E-state index is 6.05. The predicted octanol–water partition coefficient (Wildman–Crippen LogP) is 3.66. The van der Waals surface area contributed by atoms with Crippen LogP contribution in [0.15, 0.2) is 47.1 Å². The molecule has 4 heterocycles. The van der Waals surface area contributed by atoms with Crippen molar-refractivity contribution in [2.75, 3.05) is 13.6 Å². The van der Waals surface area contributed by atoms with Gasteiger partial charge in [0.25, 0.3) is 0 Å². The zero-order chi connectivity index (χ0) is 14.2. The fourth-order valence-corrected chi connectivity index (χ4v) is 3.04. The van der Waals surface area contributed by atoms with E-state index in [1.807, 2.05) is 30.5 Å². The summed E-state index contributed by atoms with van der Waals surface area (Å²) in [7, 11) is 2.15. The van der Waals surface area contributed by atoms with Crippen LogP contribution in [0.3, 0.4) is 0 Å². The molecule has 0 unspecified atom stereocenters. The third-order valence-corrected chi connectivity index (χ3v) is 4.20. The molecule has 1 atom stereocenters. The molecule has 1 fully saturated rings. The SMILES string of the molecule is CN1CCC[C@@H]1c1cc2ncc(-c3ccccn3)cc2o1. The normalized spacial score (nSPS) is 19.4. The van der Waals surface area contributed by atoms with E-state index in [1.165, 1.54) is 6.42 Å². The van der Waals surface area contributed by atoms with Gasteiger partial charge in [0, 0.05) is 24.0 Å². The Hall–Kier alpha value is -2.20. The van der Waals surface area contributed by atoms with Crippen LogP contribution in [0.25, 0.3) is 22.4 Å². The molecular formula is C17H17N3O. The van der Waals surface area contributed by atoms with Crippen molar-refractivity contribution in [2.45, 2.75) is 18.9 Å². The molecule has 4 nitrogen and oxygen atoms in total. The first-order valence-corrected chi connectivity index (χ1v) is 7.32. The van der Waals surface area contributed by atoms with E-state index in [2.05, 4.69) is 28.0 Å². The van der Waals surface area contributed by atoms with Crippen molar-refractivity contribution in [3.05, 3.63) is 48.5 Å². The number of hydrogen-bond acceptors (Lipinski definition) is 4. The van der Waals surface area contributed by atoms with Crippen molar-refractivity contribution in [3.8, 4) is 11.3 Å². The fourth-order valence-electron chi connectivity index (χ4n) is 3.04. The van der Waals surface area contributed by atoms with Crippen molar-refractivity contribution in [2.24, 2.45) is 0 Å². The first-order valence-electron chi connectivity index (χ1n) is 7.32. The van der Waals surface area contributed by atoms with Crippen molar-refractivity contribution in [3.63, 3.8) is 0 Å². The molecule has 1 aliphatic rings. The zero-order valence-corrected chi connectivity index (χ0v) is 12.0. The number of likely N-dealkylation sites (tertiary alicyclic amines) is 1. The summed E-state index contributed by atoms with van der Waals surface area (Å²) >= 11 is 0.